The zero-order valence-corrected chi connectivity index (χ0v) is 22.4. The Hall–Kier alpha value is -1.42. The Bertz CT molecular complexity index is 936. The van der Waals surface area contributed by atoms with Gasteiger partial charge in [-0.05, 0) is 73.1 Å². The number of allylic oxidation sites excluding steroid dienone is 1. The van der Waals surface area contributed by atoms with Crippen molar-refractivity contribution in [3.63, 3.8) is 0 Å². The maximum atomic E-state index is 13.1. The van der Waals surface area contributed by atoms with Gasteiger partial charge in [0, 0.05) is 25.3 Å². The van der Waals surface area contributed by atoms with Crippen LogP contribution in [0.3, 0.4) is 0 Å². The van der Waals surface area contributed by atoms with Crippen LogP contribution < -0.4 is 0 Å². The zero-order chi connectivity index (χ0) is 24.7. The maximum Gasteiger partial charge on any atom is 0.343 e. The number of fused-ring (bicyclic) bond motifs is 1. The minimum Gasteiger partial charge on any atom is -0.507 e. The van der Waals surface area contributed by atoms with Gasteiger partial charge in [-0.15, -0.1) is 0 Å². The van der Waals surface area contributed by atoms with E-state index in [1.165, 1.54) is 20.3 Å². The van der Waals surface area contributed by atoms with Crippen LogP contribution in [0.5, 0.6) is 5.75 Å². The van der Waals surface area contributed by atoms with E-state index in [1.807, 2.05) is 6.07 Å². The van der Waals surface area contributed by atoms with Crippen molar-refractivity contribution in [2.75, 3.05) is 14.2 Å². The molecule has 1 atom stereocenters. The van der Waals surface area contributed by atoms with Crippen molar-refractivity contribution in [3.8, 4) is 5.75 Å². The summed E-state index contributed by atoms with van der Waals surface area (Å²) < 4.78 is 23.1. The fraction of sp³-hybridized carbons (Fsp3) is 0.654. The second-order valence-corrected chi connectivity index (χ2v) is 14.3. The first-order valence-electron chi connectivity index (χ1n) is 11.3. The SMILES string of the molecule is COP(=O)(OC)C(C)(C)C(=O)/C=C/c1cc(C(C)(C)C)c(O)c2c1CCCC2C(C)(C)C. The first-order chi connectivity index (χ1) is 14.5. The number of hydrogen-bond donors (Lipinski definition) is 1. The molecular formula is C26H41O5P. The summed E-state index contributed by atoms with van der Waals surface area (Å²) in [6.07, 6.45) is 6.19. The van der Waals surface area contributed by atoms with E-state index >= 15 is 0 Å². The first kappa shape index (κ1) is 26.8. The third kappa shape index (κ3) is 4.90. The Morgan fingerprint density at radius 1 is 1.09 bits per heavy atom. The largest absolute Gasteiger partial charge is 0.507 e. The highest BCUT2D eigenvalue weighted by Crippen LogP contribution is 2.59. The topological polar surface area (TPSA) is 72.8 Å². The van der Waals surface area contributed by atoms with Gasteiger partial charge < -0.3 is 14.2 Å². The Balaban J connectivity index is 2.67. The van der Waals surface area contributed by atoms with Crippen LogP contribution in [0.4, 0.5) is 0 Å². The molecule has 1 aliphatic rings. The van der Waals surface area contributed by atoms with Gasteiger partial charge in [0.2, 0.25) is 0 Å². The second kappa shape index (κ2) is 9.08. The van der Waals surface area contributed by atoms with Gasteiger partial charge in [-0.25, -0.2) is 0 Å². The summed E-state index contributed by atoms with van der Waals surface area (Å²) in [6.45, 7) is 16.0. The molecule has 0 aromatic heterocycles. The number of rotatable bonds is 6. The number of hydrogen-bond acceptors (Lipinski definition) is 5. The number of carbonyl (C=O) groups is 1. The molecule has 180 valence electrons. The molecule has 1 aromatic rings. The van der Waals surface area contributed by atoms with Gasteiger partial charge in [-0.1, -0.05) is 47.6 Å². The number of phenolic OH excluding ortho intramolecular Hbond substituents is 1. The highest BCUT2D eigenvalue weighted by molar-refractivity contribution is 7.56. The lowest BCUT2D eigenvalue weighted by Crippen LogP contribution is -2.31. The molecule has 0 saturated heterocycles. The van der Waals surface area contributed by atoms with Gasteiger partial charge in [0.05, 0.1) is 0 Å². The Morgan fingerprint density at radius 2 is 1.66 bits per heavy atom. The van der Waals surface area contributed by atoms with Crippen LogP contribution in [-0.2, 0) is 30.2 Å². The lowest BCUT2D eigenvalue weighted by molar-refractivity contribution is -0.116. The van der Waals surface area contributed by atoms with Crippen LogP contribution in [-0.4, -0.2) is 30.3 Å². The second-order valence-electron chi connectivity index (χ2n) is 11.4. The van der Waals surface area contributed by atoms with Crippen LogP contribution in [0.1, 0.15) is 96.4 Å². The quantitative estimate of drug-likeness (QED) is 0.362. The molecule has 1 aromatic carbocycles. The third-order valence-corrected chi connectivity index (χ3v) is 9.34. The molecule has 5 nitrogen and oxygen atoms in total. The van der Waals surface area contributed by atoms with Crippen LogP contribution >= 0.6 is 7.60 Å². The molecule has 0 fully saturated rings. The molecule has 0 heterocycles. The van der Waals surface area contributed by atoms with Crippen LogP contribution in [0.15, 0.2) is 12.1 Å². The summed E-state index contributed by atoms with van der Waals surface area (Å²) in [7, 11) is -1.01. The minimum absolute atomic E-state index is 0.00548. The third-order valence-electron chi connectivity index (χ3n) is 6.79. The summed E-state index contributed by atoms with van der Waals surface area (Å²) >= 11 is 0. The van der Waals surface area contributed by atoms with E-state index in [1.54, 1.807) is 19.9 Å². The normalized spacial score (nSPS) is 18.1. The fourth-order valence-corrected chi connectivity index (χ4v) is 6.06. The number of ketones is 1. The van der Waals surface area contributed by atoms with E-state index in [-0.39, 0.29) is 22.5 Å². The van der Waals surface area contributed by atoms with E-state index < -0.39 is 12.8 Å². The molecule has 0 spiro atoms. The van der Waals surface area contributed by atoms with E-state index in [0.717, 1.165) is 41.5 Å². The highest BCUT2D eigenvalue weighted by Gasteiger charge is 2.47. The molecule has 0 aliphatic heterocycles. The van der Waals surface area contributed by atoms with Crippen molar-refractivity contribution < 1.29 is 23.5 Å². The van der Waals surface area contributed by atoms with E-state index in [9.17, 15) is 14.5 Å². The molecule has 1 aliphatic carbocycles. The highest BCUT2D eigenvalue weighted by atomic mass is 31.2. The predicted octanol–water partition coefficient (Wildman–Crippen LogP) is 7.00. The Labute approximate surface area is 194 Å². The fourth-order valence-electron chi connectivity index (χ4n) is 4.66. The summed E-state index contributed by atoms with van der Waals surface area (Å²) in [5.41, 5.74) is 3.67. The molecule has 6 heteroatoms. The van der Waals surface area contributed by atoms with Gasteiger partial charge in [0.1, 0.15) is 10.9 Å². The molecule has 1 unspecified atom stereocenters. The van der Waals surface area contributed by atoms with Crippen LogP contribution in [0.25, 0.3) is 6.08 Å². The number of phenols is 1. The number of carbonyl (C=O) groups excluding carboxylic acids is 1. The summed E-state index contributed by atoms with van der Waals surface area (Å²) in [4.78, 5) is 13.1. The molecule has 0 radical (unpaired) electrons. The van der Waals surface area contributed by atoms with E-state index in [4.69, 9.17) is 9.05 Å². The molecule has 0 bridgehead atoms. The molecule has 32 heavy (non-hydrogen) atoms. The van der Waals surface area contributed by atoms with E-state index in [2.05, 4.69) is 41.5 Å². The average molecular weight is 465 g/mol. The molecule has 0 amide bonds. The van der Waals surface area contributed by atoms with Gasteiger partial charge >= 0.3 is 7.60 Å². The van der Waals surface area contributed by atoms with Crippen molar-refractivity contribution in [2.45, 2.75) is 91.1 Å². The van der Waals surface area contributed by atoms with Gasteiger partial charge in [0.25, 0.3) is 0 Å². The molecule has 1 N–H and O–H groups in total. The summed E-state index contributed by atoms with van der Waals surface area (Å²) in [6, 6.07) is 2.00. The average Bonchev–Trinajstić information content (AvgIpc) is 2.70. The van der Waals surface area contributed by atoms with Gasteiger partial charge in [-0.2, -0.15) is 0 Å². The molecular weight excluding hydrogens is 423 g/mol. The van der Waals surface area contributed by atoms with Crippen molar-refractivity contribution in [2.24, 2.45) is 5.41 Å². The monoisotopic (exact) mass is 464 g/mol. The molecule has 0 saturated carbocycles. The van der Waals surface area contributed by atoms with Gasteiger partial charge in [-0.3, -0.25) is 9.36 Å². The van der Waals surface area contributed by atoms with Crippen LogP contribution in [0.2, 0.25) is 0 Å². The lowest BCUT2D eigenvalue weighted by Gasteiger charge is -2.38. The minimum atomic E-state index is -3.60. The lowest BCUT2D eigenvalue weighted by atomic mass is 9.66. The maximum absolute atomic E-state index is 13.1. The number of benzene rings is 1. The Morgan fingerprint density at radius 3 is 2.12 bits per heavy atom. The standard InChI is InChI=1S/C26H41O5P/c1-24(2,3)19-13-11-12-18-17(16-20(25(4,5)6)23(28)22(18)19)14-15-21(27)26(7,8)32(29,30-9)31-10/h14-16,19,28H,11-13H2,1-10H3/b15-14+. The van der Waals surface area contributed by atoms with Crippen molar-refractivity contribution >= 4 is 19.5 Å². The Kier molecular flexibility index (Phi) is 7.61. The smallest absolute Gasteiger partial charge is 0.343 e. The van der Waals surface area contributed by atoms with Gasteiger partial charge in [0.15, 0.2) is 5.78 Å². The summed E-state index contributed by atoms with van der Waals surface area (Å²) in [5, 5.41) is 10.0. The van der Waals surface area contributed by atoms with Crippen molar-refractivity contribution in [1.29, 1.82) is 0 Å². The van der Waals surface area contributed by atoms with Crippen molar-refractivity contribution in [1.82, 2.24) is 0 Å². The summed E-state index contributed by atoms with van der Waals surface area (Å²) in [5.74, 6) is 0.293. The van der Waals surface area contributed by atoms with Crippen LogP contribution in [0, 0.1) is 5.41 Å². The van der Waals surface area contributed by atoms with Crippen molar-refractivity contribution in [3.05, 3.63) is 34.4 Å². The number of aromatic hydroxyl groups is 1. The van der Waals surface area contributed by atoms with E-state index in [0.29, 0.717) is 5.75 Å². The zero-order valence-electron chi connectivity index (χ0n) is 21.5. The molecule has 2 rings (SSSR count). The first-order valence-corrected chi connectivity index (χ1v) is 12.9. The predicted molar refractivity (Wildman–Crippen MR) is 132 cm³/mol.